The topological polar surface area (TPSA) is 97.0 Å². The van der Waals surface area contributed by atoms with Crippen LogP contribution in [0.4, 0.5) is 11.4 Å². The zero-order chi connectivity index (χ0) is 24.8. The highest BCUT2D eigenvalue weighted by molar-refractivity contribution is 7.80. The average Bonchev–Trinajstić information content (AvgIpc) is 2.86. The first-order valence-corrected chi connectivity index (χ1v) is 11.0. The lowest BCUT2D eigenvalue weighted by Gasteiger charge is -2.28. The van der Waals surface area contributed by atoms with Crippen LogP contribution in [0.3, 0.4) is 0 Å². The molecule has 3 amide bonds. The molecule has 2 N–H and O–H groups in total. The minimum absolute atomic E-state index is 0.000830. The maximum absolute atomic E-state index is 13.2. The molecule has 8 nitrogen and oxygen atoms in total. The van der Waals surface area contributed by atoms with Crippen LogP contribution in [-0.2, 0) is 14.4 Å². The summed E-state index contributed by atoms with van der Waals surface area (Å²) < 4.78 is 10.9. The van der Waals surface area contributed by atoms with E-state index in [0.717, 1.165) is 0 Å². The maximum Gasteiger partial charge on any atom is 0.270 e. The molecule has 1 heterocycles. The second-order valence-electron chi connectivity index (χ2n) is 7.37. The largest absolute Gasteiger partial charge is 0.495 e. The molecule has 0 radical (unpaired) electrons. The van der Waals surface area contributed by atoms with Crippen molar-refractivity contribution in [2.45, 2.75) is 0 Å². The SMILES string of the molecule is COc1ccccc1NC(=O)COc1ccccc1C=C1C(=O)NC(=S)N(c2ccccc2)C1=O. The Morgan fingerprint density at radius 2 is 1.63 bits per heavy atom. The third-order valence-corrected chi connectivity index (χ3v) is 5.36. The number of ether oxygens (including phenoxy) is 2. The zero-order valence-corrected chi connectivity index (χ0v) is 19.5. The monoisotopic (exact) mass is 487 g/mol. The van der Waals surface area contributed by atoms with Gasteiger partial charge in [0.25, 0.3) is 17.7 Å². The Kier molecular flexibility index (Phi) is 7.18. The Morgan fingerprint density at radius 1 is 0.971 bits per heavy atom. The number of benzene rings is 3. The van der Waals surface area contributed by atoms with E-state index in [4.69, 9.17) is 21.7 Å². The number of thiocarbonyl (C=S) groups is 1. The lowest BCUT2D eigenvalue weighted by molar-refractivity contribution is -0.122. The third kappa shape index (κ3) is 5.36. The van der Waals surface area contributed by atoms with Crippen LogP contribution >= 0.6 is 12.2 Å². The Morgan fingerprint density at radius 3 is 2.37 bits per heavy atom. The van der Waals surface area contributed by atoms with Gasteiger partial charge in [-0.25, -0.2) is 0 Å². The number of hydrogen-bond donors (Lipinski definition) is 2. The third-order valence-electron chi connectivity index (χ3n) is 5.07. The van der Waals surface area contributed by atoms with Gasteiger partial charge in [0.1, 0.15) is 17.1 Å². The molecule has 0 bridgehead atoms. The van der Waals surface area contributed by atoms with E-state index >= 15 is 0 Å². The molecule has 3 aromatic rings. The molecule has 3 aromatic carbocycles. The van der Waals surface area contributed by atoms with Crippen LogP contribution in [0.5, 0.6) is 11.5 Å². The fraction of sp³-hybridized carbons (Fsp3) is 0.0769. The van der Waals surface area contributed by atoms with Crippen LogP contribution in [0.2, 0.25) is 0 Å². The van der Waals surface area contributed by atoms with Gasteiger partial charge in [-0.3, -0.25) is 24.6 Å². The fourth-order valence-electron chi connectivity index (χ4n) is 3.43. The summed E-state index contributed by atoms with van der Waals surface area (Å²) in [7, 11) is 1.51. The average molecular weight is 488 g/mol. The minimum atomic E-state index is -0.615. The standard InChI is InChI=1S/C26H21N3O5S/c1-33-22-14-8-6-12-20(22)27-23(30)16-34-21-13-7-5-9-17(21)15-19-24(31)28-26(35)29(25(19)32)18-10-3-2-4-11-18/h2-15H,16H2,1H3,(H,27,30)(H,28,31,35). The predicted molar refractivity (Wildman–Crippen MR) is 136 cm³/mol. The number of anilines is 2. The molecule has 0 saturated carbocycles. The number of nitrogens with zero attached hydrogens (tertiary/aromatic N) is 1. The van der Waals surface area contributed by atoms with Crippen LogP contribution in [0.1, 0.15) is 5.56 Å². The van der Waals surface area contributed by atoms with Gasteiger partial charge in [-0.2, -0.15) is 0 Å². The first-order chi connectivity index (χ1) is 17.0. The van der Waals surface area contributed by atoms with Crippen molar-refractivity contribution in [3.05, 3.63) is 90.0 Å². The molecule has 4 rings (SSSR count). The molecule has 1 saturated heterocycles. The molecular weight excluding hydrogens is 466 g/mol. The van der Waals surface area contributed by atoms with Crippen molar-refractivity contribution in [1.82, 2.24) is 5.32 Å². The van der Waals surface area contributed by atoms with Gasteiger partial charge in [-0.1, -0.05) is 48.5 Å². The number of para-hydroxylation sites is 4. The molecule has 0 spiro atoms. The summed E-state index contributed by atoms with van der Waals surface area (Å²) in [5.41, 5.74) is 1.39. The van der Waals surface area contributed by atoms with Crippen LogP contribution in [0.25, 0.3) is 6.08 Å². The van der Waals surface area contributed by atoms with E-state index in [2.05, 4.69) is 10.6 Å². The number of methoxy groups -OCH3 is 1. The fourth-order valence-corrected chi connectivity index (χ4v) is 3.71. The van der Waals surface area contributed by atoms with Gasteiger partial charge >= 0.3 is 0 Å². The first kappa shape index (κ1) is 23.7. The number of nitrogens with one attached hydrogen (secondary N) is 2. The van der Waals surface area contributed by atoms with Crippen molar-refractivity contribution < 1.29 is 23.9 Å². The van der Waals surface area contributed by atoms with Crippen LogP contribution in [0.15, 0.2) is 84.4 Å². The number of hydrogen-bond acceptors (Lipinski definition) is 6. The van der Waals surface area contributed by atoms with Gasteiger partial charge in [-0.05, 0) is 48.6 Å². The van der Waals surface area contributed by atoms with Crippen molar-refractivity contribution in [2.75, 3.05) is 23.9 Å². The maximum atomic E-state index is 13.2. The Labute approximate surface area is 207 Å². The second-order valence-corrected chi connectivity index (χ2v) is 7.76. The molecule has 0 aromatic heterocycles. The lowest BCUT2D eigenvalue weighted by Crippen LogP contribution is -2.54. The van der Waals surface area contributed by atoms with Crippen molar-refractivity contribution in [3.63, 3.8) is 0 Å². The molecule has 1 fully saturated rings. The number of amides is 3. The van der Waals surface area contributed by atoms with Gasteiger partial charge in [-0.15, -0.1) is 0 Å². The molecule has 0 unspecified atom stereocenters. The minimum Gasteiger partial charge on any atom is -0.495 e. The van der Waals surface area contributed by atoms with E-state index in [-0.39, 0.29) is 17.3 Å². The molecule has 176 valence electrons. The van der Waals surface area contributed by atoms with Crippen molar-refractivity contribution >= 4 is 52.5 Å². The van der Waals surface area contributed by atoms with Gasteiger partial charge in [0.05, 0.1) is 18.5 Å². The van der Waals surface area contributed by atoms with E-state index < -0.39 is 17.7 Å². The van der Waals surface area contributed by atoms with Crippen LogP contribution < -0.4 is 25.0 Å². The number of rotatable bonds is 7. The normalized spacial score (nSPS) is 14.5. The Hall–Kier alpha value is -4.50. The number of carbonyl (C=O) groups excluding carboxylic acids is 3. The highest BCUT2D eigenvalue weighted by Crippen LogP contribution is 2.26. The van der Waals surface area contributed by atoms with E-state index in [1.165, 1.54) is 18.1 Å². The summed E-state index contributed by atoms with van der Waals surface area (Å²) in [4.78, 5) is 39.5. The number of carbonyl (C=O) groups is 3. The van der Waals surface area contributed by atoms with E-state index in [1.807, 2.05) is 6.07 Å². The van der Waals surface area contributed by atoms with Gasteiger partial charge in [0.15, 0.2) is 11.7 Å². The smallest absolute Gasteiger partial charge is 0.270 e. The predicted octanol–water partition coefficient (Wildman–Crippen LogP) is 3.54. The highest BCUT2D eigenvalue weighted by Gasteiger charge is 2.34. The Balaban J connectivity index is 1.53. The second kappa shape index (κ2) is 10.6. The van der Waals surface area contributed by atoms with Crippen LogP contribution in [-0.4, -0.2) is 36.6 Å². The molecular formula is C26H21N3O5S. The summed E-state index contributed by atoms with van der Waals surface area (Å²) in [5, 5.41) is 5.28. The van der Waals surface area contributed by atoms with E-state index in [9.17, 15) is 14.4 Å². The summed E-state index contributed by atoms with van der Waals surface area (Å²) in [6.45, 7) is -0.293. The molecule has 35 heavy (non-hydrogen) atoms. The quantitative estimate of drug-likeness (QED) is 0.301. The molecule has 1 aliphatic rings. The molecule has 0 atom stereocenters. The van der Waals surface area contributed by atoms with Crippen molar-refractivity contribution in [2.24, 2.45) is 0 Å². The summed E-state index contributed by atoms with van der Waals surface area (Å²) in [6.07, 6.45) is 1.42. The lowest BCUT2D eigenvalue weighted by atomic mass is 10.1. The van der Waals surface area contributed by atoms with Gasteiger partial charge in [0.2, 0.25) is 0 Å². The molecule has 9 heteroatoms. The van der Waals surface area contributed by atoms with Crippen molar-refractivity contribution in [3.8, 4) is 11.5 Å². The summed E-state index contributed by atoms with van der Waals surface area (Å²) >= 11 is 5.22. The van der Waals surface area contributed by atoms with E-state index in [1.54, 1.807) is 72.8 Å². The summed E-state index contributed by atoms with van der Waals surface area (Å²) in [6, 6.07) is 22.6. The zero-order valence-electron chi connectivity index (χ0n) is 18.7. The molecule has 0 aliphatic carbocycles. The van der Waals surface area contributed by atoms with Gasteiger partial charge < -0.3 is 14.8 Å². The van der Waals surface area contributed by atoms with Gasteiger partial charge in [0, 0.05) is 5.56 Å². The van der Waals surface area contributed by atoms with Crippen molar-refractivity contribution in [1.29, 1.82) is 0 Å². The Bertz CT molecular complexity index is 1320. The van der Waals surface area contributed by atoms with E-state index in [0.29, 0.717) is 28.4 Å². The van der Waals surface area contributed by atoms with Crippen LogP contribution in [0, 0.1) is 0 Å². The molecule has 1 aliphatic heterocycles. The first-order valence-electron chi connectivity index (χ1n) is 10.6. The summed E-state index contributed by atoms with van der Waals surface area (Å²) in [5.74, 6) is -0.725. The highest BCUT2D eigenvalue weighted by atomic mass is 32.1.